The van der Waals surface area contributed by atoms with Gasteiger partial charge in [0, 0.05) is 38.9 Å². The third kappa shape index (κ3) is 3.44. The van der Waals surface area contributed by atoms with Gasteiger partial charge in [0.25, 0.3) is 0 Å². The molecule has 130 valence electrons. The van der Waals surface area contributed by atoms with Crippen LogP contribution in [0.3, 0.4) is 0 Å². The quantitative estimate of drug-likeness (QED) is 0.773. The van der Waals surface area contributed by atoms with Crippen LogP contribution in [-0.2, 0) is 6.54 Å². The number of aryl methyl sites for hydroxylation is 1. The second-order valence-electron chi connectivity index (χ2n) is 6.47. The highest BCUT2D eigenvalue weighted by atomic mass is 16.1. The van der Waals surface area contributed by atoms with Gasteiger partial charge in [-0.25, -0.2) is 9.78 Å². The van der Waals surface area contributed by atoms with Crippen molar-refractivity contribution in [2.24, 2.45) is 0 Å². The van der Waals surface area contributed by atoms with Gasteiger partial charge in [-0.15, -0.1) is 0 Å². The number of anilines is 1. The Hall–Kier alpha value is -2.60. The second-order valence-corrected chi connectivity index (χ2v) is 6.47. The van der Waals surface area contributed by atoms with Crippen LogP contribution in [0, 0.1) is 0 Å². The molecule has 1 N–H and O–H groups in total. The Kier molecular flexibility index (Phi) is 4.52. The van der Waals surface area contributed by atoms with E-state index in [4.69, 9.17) is 0 Å². The fraction of sp³-hybridized carbons (Fsp3) is 0.368. The lowest BCUT2D eigenvalue weighted by Crippen LogP contribution is -2.47. The van der Waals surface area contributed by atoms with Gasteiger partial charge in [0.1, 0.15) is 5.82 Å². The Bertz CT molecular complexity index is 877. The lowest BCUT2D eigenvalue weighted by atomic mass is 10.2. The fourth-order valence-corrected chi connectivity index (χ4v) is 3.52. The smallest absolute Gasteiger partial charge is 0.326 e. The van der Waals surface area contributed by atoms with Crippen molar-refractivity contribution < 1.29 is 0 Å². The van der Waals surface area contributed by atoms with Crippen LogP contribution < -0.4 is 10.6 Å². The fourth-order valence-electron chi connectivity index (χ4n) is 3.52. The Labute approximate surface area is 146 Å². The van der Waals surface area contributed by atoms with Gasteiger partial charge in [0.05, 0.1) is 11.0 Å². The van der Waals surface area contributed by atoms with Gasteiger partial charge in [-0.2, -0.15) is 0 Å². The number of imidazole rings is 1. The lowest BCUT2D eigenvalue weighted by Gasteiger charge is -2.35. The predicted molar refractivity (Wildman–Crippen MR) is 100 cm³/mol. The molecule has 1 aliphatic rings. The Morgan fingerprint density at radius 2 is 1.76 bits per heavy atom. The summed E-state index contributed by atoms with van der Waals surface area (Å²) >= 11 is 0. The number of aromatic amines is 1. The summed E-state index contributed by atoms with van der Waals surface area (Å²) in [7, 11) is 0. The minimum atomic E-state index is -0.0128. The maximum absolute atomic E-state index is 12.1. The maximum Gasteiger partial charge on any atom is 0.326 e. The van der Waals surface area contributed by atoms with Crippen LogP contribution in [-0.4, -0.2) is 52.2 Å². The zero-order valence-corrected chi connectivity index (χ0v) is 14.3. The van der Waals surface area contributed by atoms with Crippen LogP contribution >= 0.6 is 0 Å². The van der Waals surface area contributed by atoms with E-state index in [-0.39, 0.29) is 5.69 Å². The first-order chi connectivity index (χ1) is 12.3. The molecular formula is C19H23N5O. The SMILES string of the molecule is O=c1[nH]c2ccccc2n1CCCN1CCN(c2ccccn2)CC1. The molecule has 0 radical (unpaired) electrons. The lowest BCUT2D eigenvalue weighted by molar-refractivity contribution is 0.250. The topological polar surface area (TPSA) is 57.2 Å². The number of hydrogen-bond donors (Lipinski definition) is 1. The molecule has 1 fully saturated rings. The van der Waals surface area contributed by atoms with Gasteiger partial charge in [-0.1, -0.05) is 18.2 Å². The van der Waals surface area contributed by atoms with E-state index >= 15 is 0 Å². The number of para-hydroxylation sites is 2. The van der Waals surface area contributed by atoms with Crippen molar-refractivity contribution in [1.29, 1.82) is 0 Å². The van der Waals surface area contributed by atoms with E-state index in [9.17, 15) is 4.79 Å². The number of pyridine rings is 1. The molecule has 0 bridgehead atoms. The first-order valence-electron chi connectivity index (χ1n) is 8.87. The Morgan fingerprint density at radius 1 is 0.960 bits per heavy atom. The average Bonchev–Trinajstić information content (AvgIpc) is 2.99. The summed E-state index contributed by atoms with van der Waals surface area (Å²) in [6.45, 7) is 5.86. The van der Waals surface area contributed by atoms with Crippen molar-refractivity contribution in [2.75, 3.05) is 37.6 Å². The van der Waals surface area contributed by atoms with Crippen molar-refractivity contribution in [3.8, 4) is 0 Å². The largest absolute Gasteiger partial charge is 0.354 e. The van der Waals surface area contributed by atoms with E-state index in [1.807, 2.05) is 47.2 Å². The summed E-state index contributed by atoms with van der Waals surface area (Å²) in [6.07, 6.45) is 2.83. The molecular weight excluding hydrogens is 314 g/mol. The number of piperazine rings is 1. The number of rotatable bonds is 5. The predicted octanol–water partition coefficient (Wildman–Crippen LogP) is 1.94. The Balaban J connectivity index is 1.30. The molecule has 0 amide bonds. The van der Waals surface area contributed by atoms with Gasteiger partial charge in [-0.3, -0.25) is 9.47 Å². The molecule has 1 aliphatic heterocycles. The minimum absolute atomic E-state index is 0.0128. The molecule has 3 heterocycles. The second kappa shape index (κ2) is 7.11. The summed E-state index contributed by atoms with van der Waals surface area (Å²) in [6, 6.07) is 13.9. The zero-order valence-electron chi connectivity index (χ0n) is 14.3. The van der Waals surface area contributed by atoms with Gasteiger partial charge >= 0.3 is 5.69 Å². The van der Waals surface area contributed by atoms with Crippen LogP contribution in [0.4, 0.5) is 5.82 Å². The van der Waals surface area contributed by atoms with Crippen LogP contribution in [0.15, 0.2) is 53.5 Å². The van der Waals surface area contributed by atoms with Crippen molar-refractivity contribution in [2.45, 2.75) is 13.0 Å². The molecule has 3 aromatic rings. The summed E-state index contributed by atoms with van der Waals surface area (Å²) in [5.41, 5.74) is 1.89. The third-order valence-electron chi connectivity index (χ3n) is 4.88. The van der Waals surface area contributed by atoms with Crippen molar-refractivity contribution in [3.63, 3.8) is 0 Å². The van der Waals surface area contributed by atoms with E-state index in [2.05, 4.69) is 25.8 Å². The number of fused-ring (bicyclic) bond motifs is 1. The van der Waals surface area contributed by atoms with Crippen molar-refractivity contribution in [1.82, 2.24) is 19.4 Å². The number of nitrogens with zero attached hydrogens (tertiary/aromatic N) is 4. The number of aromatic nitrogens is 3. The highest BCUT2D eigenvalue weighted by Crippen LogP contribution is 2.13. The molecule has 1 aromatic carbocycles. The summed E-state index contributed by atoms with van der Waals surface area (Å²) < 4.78 is 1.85. The van der Waals surface area contributed by atoms with Gasteiger partial charge in [0.2, 0.25) is 0 Å². The van der Waals surface area contributed by atoms with Crippen LogP contribution in [0.2, 0.25) is 0 Å². The van der Waals surface area contributed by atoms with E-state index in [0.29, 0.717) is 0 Å². The number of benzene rings is 1. The highest BCUT2D eigenvalue weighted by molar-refractivity contribution is 5.74. The minimum Gasteiger partial charge on any atom is -0.354 e. The first kappa shape index (κ1) is 15.9. The van der Waals surface area contributed by atoms with Gasteiger partial charge in [-0.05, 0) is 37.2 Å². The van der Waals surface area contributed by atoms with Crippen LogP contribution in [0.25, 0.3) is 11.0 Å². The zero-order chi connectivity index (χ0) is 17.1. The summed E-state index contributed by atoms with van der Waals surface area (Å²) in [5, 5.41) is 0. The van der Waals surface area contributed by atoms with Crippen LogP contribution in [0.5, 0.6) is 0 Å². The monoisotopic (exact) mass is 337 g/mol. The normalized spacial score (nSPS) is 15.8. The molecule has 0 spiro atoms. The molecule has 6 nitrogen and oxygen atoms in total. The molecule has 0 aliphatic carbocycles. The molecule has 2 aromatic heterocycles. The van der Waals surface area contributed by atoms with E-state index in [1.54, 1.807) is 0 Å². The first-order valence-corrected chi connectivity index (χ1v) is 8.87. The summed E-state index contributed by atoms with van der Waals surface area (Å²) in [5.74, 6) is 1.06. The maximum atomic E-state index is 12.1. The molecule has 6 heteroatoms. The third-order valence-corrected chi connectivity index (χ3v) is 4.88. The molecule has 4 rings (SSSR count). The van der Waals surface area contributed by atoms with Crippen LogP contribution in [0.1, 0.15) is 6.42 Å². The number of hydrogen-bond acceptors (Lipinski definition) is 4. The van der Waals surface area contributed by atoms with Gasteiger partial charge < -0.3 is 9.88 Å². The molecule has 0 unspecified atom stereocenters. The molecule has 1 saturated heterocycles. The molecule has 0 saturated carbocycles. The van der Waals surface area contributed by atoms with Crippen molar-refractivity contribution >= 4 is 16.9 Å². The van der Waals surface area contributed by atoms with Crippen molar-refractivity contribution in [3.05, 3.63) is 59.1 Å². The number of H-pyrrole nitrogens is 1. The number of nitrogens with one attached hydrogen (secondary N) is 1. The van der Waals surface area contributed by atoms with Gasteiger partial charge in [0.15, 0.2) is 0 Å². The van der Waals surface area contributed by atoms with E-state index in [0.717, 1.165) is 62.5 Å². The molecule has 25 heavy (non-hydrogen) atoms. The van der Waals surface area contributed by atoms with E-state index < -0.39 is 0 Å². The molecule has 0 atom stereocenters. The highest BCUT2D eigenvalue weighted by Gasteiger charge is 2.17. The Morgan fingerprint density at radius 3 is 2.56 bits per heavy atom. The van der Waals surface area contributed by atoms with E-state index in [1.165, 1.54) is 0 Å². The average molecular weight is 337 g/mol. The standard InChI is InChI=1S/C19H23N5O/c25-19-21-16-6-1-2-7-17(16)24(19)11-5-10-22-12-14-23(15-13-22)18-8-3-4-9-20-18/h1-4,6-9H,5,10-15H2,(H,21,25). The summed E-state index contributed by atoms with van der Waals surface area (Å²) in [4.78, 5) is 24.3.